The smallest absolute Gasteiger partial charge is 0.264 e. The SMILES string of the molecule is CCc1ccccc1N(CC(=O)N(Cc1cccc(OC)c1)[C@H](C)C(=O)NC1CCCCC1)S(=O)(=O)c1ccc(C)cc1. The van der Waals surface area contributed by atoms with Gasteiger partial charge in [0.15, 0.2) is 0 Å². The van der Waals surface area contributed by atoms with Crippen molar-refractivity contribution < 1.29 is 22.7 Å². The molecule has 0 aliphatic heterocycles. The van der Waals surface area contributed by atoms with E-state index in [-0.39, 0.29) is 23.4 Å². The van der Waals surface area contributed by atoms with Gasteiger partial charge in [0, 0.05) is 12.6 Å². The van der Waals surface area contributed by atoms with Crippen LogP contribution in [-0.4, -0.2) is 50.9 Å². The zero-order valence-electron chi connectivity index (χ0n) is 25.6. The predicted molar refractivity (Wildman–Crippen MR) is 170 cm³/mol. The number of nitrogens with one attached hydrogen (secondary N) is 1. The van der Waals surface area contributed by atoms with E-state index in [0.29, 0.717) is 17.9 Å². The molecule has 1 aliphatic carbocycles. The number of nitrogens with zero attached hydrogens (tertiary/aromatic N) is 2. The van der Waals surface area contributed by atoms with Crippen molar-refractivity contribution in [1.29, 1.82) is 0 Å². The monoisotopic (exact) mass is 605 g/mol. The molecule has 0 radical (unpaired) electrons. The number of hydrogen-bond acceptors (Lipinski definition) is 5. The molecule has 1 atom stereocenters. The third-order valence-corrected chi connectivity index (χ3v) is 9.91. The van der Waals surface area contributed by atoms with Gasteiger partial charge >= 0.3 is 0 Å². The summed E-state index contributed by atoms with van der Waals surface area (Å²) in [6.07, 6.45) is 5.70. The van der Waals surface area contributed by atoms with Crippen LogP contribution in [0.5, 0.6) is 5.75 Å². The number of methoxy groups -OCH3 is 1. The van der Waals surface area contributed by atoms with Gasteiger partial charge in [0.2, 0.25) is 11.8 Å². The third-order valence-electron chi connectivity index (χ3n) is 8.13. The summed E-state index contributed by atoms with van der Waals surface area (Å²) in [5.41, 5.74) is 2.94. The number of ether oxygens (including phenoxy) is 1. The molecular weight excluding hydrogens is 562 g/mol. The topological polar surface area (TPSA) is 96.0 Å². The molecule has 2 amide bonds. The van der Waals surface area contributed by atoms with Gasteiger partial charge in [0.05, 0.1) is 17.7 Å². The molecule has 1 fully saturated rings. The molecule has 0 saturated heterocycles. The van der Waals surface area contributed by atoms with Gasteiger partial charge in [-0.1, -0.05) is 74.2 Å². The highest BCUT2D eigenvalue weighted by molar-refractivity contribution is 7.92. The highest BCUT2D eigenvalue weighted by Gasteiger charge is 2.34. The third kappa shape index (κ3) is 7.96. The van der Waals surface area contributed by atoms with Crippen LogP contribution in [0.15, 0.2) is 77.7 Å². The minimum absolute atomic E-state index is 0.0762. The Kier molecular flexibility index (Phi) is 10.9. The number of carbonyl (C=O) groups excluding carboxylic acids is 2. The van der Waals surface area contributed by atoms with E-state index >= 15 is 0 Å². The number of benzene rings is 3. The molecule has 3 aromatic carbocycles. The van der Waals surface area contributed by atoms with E-state index in [1.54, 1.807) is 50.4 Å². The van der Waals surface area contributed by atoms with Crippen LogP contribution in [0.4, 0.5) is 5.69 Å². The lowest BCUT2D eigenvalue weighted by Crippen LogP contribution is -2.53. The van der Waals surface area contributed by atoms with E-state index in [0.717, 1.165) is 48.8 Å². The molecule has 43 heavy (non-hydrogen) atoms. The first-order valence-corrected chi connectivity index (χ1v) is 16.5. The minimum Gasteiger partial charge on any atom is -0.497 e. The fourth-order valence-electron chi connectivity index (χ4n) is 5.52. The summed E-state index contributed by atoms with van der Waals surface area (Å²) >= 11 is 0. The fourth-order valence-corrected chi connectivity index (χ4v) is 6.97. The average Bonchev–Trinajstić information content (AvgIpc) is 3.02. The van der Waals surface area contributed by atoms with Crippen molar-refractivity contribution in [2.24, 2.45) is 0 Å². The normalized spacial score (nSPS) is 14.5. The predicted octanol–water partition coefficient (Wildman–Crippen LogP) is 5.63. The van der Waals surface area contributed by atoms with Crippen molar-refractivity contribution >= 4 is 27.5 Å². The summed E-state index contributed by atoms with van der Waals surface area (Å²) in [4.78, 5) is 29.3. The van der Waals surface area contributed by atoms with Crippen LogP contribution < -0.4 is 14.4 Å². The molecule has 0 bridgehead atoms. The largest absolute Gasteiger partial charge is 0.497 e. The zero-order valence-corrected chi connectivity index (χ0v) is 26.4. The highest BCUT2D eigenvalue weighted by Crippen LogP contribution is 2.29. The first-order chi connectivity index (χ1) is 20.6. The number of sulfonamides is 1. The Hall–Kier alpha value is -3.85. The summed E-state index contributed by atoms with van der Waals surface area (Å²) in [5, 5.41) is 3.14. The van der Waals surface area contributed by atoms with Gasteiger partial charge in [-0.15, -0.1) is 0 Å². The first kappa shape index (κ1) is 32.1. The molecule has 9 heteroatoms. The maximum Gasteiger partial charge on any atom is 0.264 e. The fraction of sp³-hybridized carbons (Fsp3) is 0.412. The molecule has 230 valence electrons. The van der Waals surface area contributed by atoms with Crippen molar-refractivity contribution in [3.8, 4) is 5.75 Å². The Morgan fingerprint density at radius 3 is 2.35 bits per heavy atom. The zero-order chi connectivity index (χ0) is 31.0. The molecule has 4 rings (SSSR count). The molecule has 0 aromatic heterocycles. The van der Waals surface area contributed by atoms with Gasteiger partial charge < -0.3 is 15.0 Å². The van der Waals surface area contributed by atoms with Crippen molar-refractivity contribution in [2.45, 2.75) is 82.8 Å². The molecule has 0 spiro atoms. The highest BCUT2D eigenvalue weighted by atomic mass is 32.2. The first-order valence-electron chi connectivity index (χ1n) is 15.0. The van der Waals surface area contributed by atoms with Crippen LogP contribution in [0.1, 0.15) is 62.6 Å². The Balaban J connectivity index is 1.71. The Labute approximate surface area is 256 Å². The number of anilines is 1. The van der Waals surface area contributed by atoms with Crippen LogP contribution >= 0.6 is 0 Å². The van der Waals surface area contributed by atoms with Gasteiger partial charge in [0.25, 0.3) is 10.0 Å². The molecule has 0 heterocycles. The van der Waals surface area contributed by atoms with Crippen LogP contribution in [-0.2, 0) is 32.6 Å². The standard InChI is InChI=1S/C34H43N3O5S/c1-5-28-13-9-10-17-32(28)37(43(40,41)31-20-18-25(2)19-21-31)24-33(38)36(23-27-12-11-16-30(22-27)42-4)26(3)34(39)35-29-14-7-6-8-15-29/h9-13,16-22,26,29H,5-8,14-15,23-24H2,1-4H3,(H,35,39)/t26-/m1/s1. The maximum absolute atomic E-state index is 14.3. The molecule has 1 N–H and O–H groups in total. The Morgan fingerprint density at radius 2 is 1.67 bits per heavy atom. The summed E-state index contributed by atoms with van der Waals surface area (Å²) in [5.74, 6) is -0.0922. The van der Waals surface area contributed by atoms with E-state index < -0.39 is 28.5 Å². The van der Waals surface area contributed by atoms with E-state index in [1.807, 2.05) is 50.2 Å². The molecule has 0 unspecified atom stereocenters. The lowest BCUT2D eigenvalue weighted by molar-refractivity contribution is -0.139. The summed E-state index contributed by atoms with van der Waals surface area (Å²) in [7, 11) is -2.55. The van der Waals surface area contributed by atoms with Crippen LogP contribution in [0.25, 0.3) is 0 Å². The van der Waals surface area contributed by atoms with Gasteiger partial charge in [-0.05, 0) is 74.6 Å². The number of hydrogen-bond donors (Lipinski definition) is 1. The van der Waals surface area contributed by atoms with Crippen LogP contribution in [0.3, 0.4) is 0 Å². The van der Waals surface area contributed by atoms with Crippen molar-refractivity contribution in [3.05, 3.63) is 89.5 Å². The van der Waals surface area contributed by atoms with E-state index in [4.69, 9.17) is 4.74 Å². The van der Waals surface area contributed by atoms with Gasteiger partial charge in [-0.3, -0.25) is 13.9 Å². The van der Waals surface area contributed by atoms with Crippen molar-refractivity contribution in [2.75, 3.05) is 18.0 Å². The lowest BCUT2D eigenvalue weighted by atomic mass is 9.95. The van der Waals surface area contributed by atoms with Crippen molar-refractivity contribution in [1.82, 2.24) is 10.2 Å². The lowest BCUT2D eigenvalue weighted by Gasteiger charge is -2.33. The second kappa shape index (κ2) is 14.6. The number of aryl methyl sites for hydroxylation is 2. The van der Waals surface area contributed by atoms with E-state index in [1.165, 1.54) is 9.21 Å². The van der Waals surface area contributed by atoms with Crippen molar-refractivity contribution in [3.63, 3.8) is 0 Å². The molecular formula is C34H43N3O5S. The minimum atomic E-state index is -4.12. The van der Waals surface area contributed by atoms with Gasteiger partial charge in [-0.25, -0.2) is 8.42 Å². The van der Waals surface area contributed by atoms with E-state index in [2.05, 4.69) is 5.32 Å². The molecule has 8 nitrogen and oxygen atoms in total. The van der Waals surface area contributed by atoms with Gasteiger partial charge in [-0.2, -0.15) is 0 Å². The Bertz CT molecular complexity index is 1500. The second-order valence-corrected chi connectivity index (χ2v) is 13.1. The molecule has 1 saturated carbocycles. The molecule has 3 aromatic rings. The number of rotatable bonds is 12. The second-order valence-electron chi connectivity index (χ2n) is 11.2. The summed E-state index contributed by atoms with van der Waals surface area (Å²) in [6, 6.07) is 20.4. The Morgan fingerprint density at radius 1 is 0.977 bits per heavy atom. The summed E-state index contributed by atoms with van der Waals surface area (Å²) in [6.45, 7) is 5.20. The van der Waals surface area contributed by atoms with Crippen LogP contribution in [0.2, 0.25) is 0 Å². The number of carbonyl (C=O) groups is 2. The molecule has 1 aliphatic rings. The maximum atomic E-state index is 14.3. The average molecular weight is 606 g/mol. The number of para-hydroxylation sites is 1. The summed E-state index contributed by atoms with van der Waals surface area (Å²) < 4.78 is 34.8. The van der Waals surface area contributed by atoms with Gasteiger partial charge in [0.1, 0.15) is 18.3 Å². The van der Waals surface area contributed by atoms with E-state index in [9.17, 15) is 18.0 Å². The number of amides is 2. The van der Waals surface area contributed by atoms with Crippen LogP contribution in [0, 0.1) is 6.92 Å². The quantitative estimate of drug-likeness (QED) is 0.289.